The maximum absolute atomic E-state index is 13.0. The molecule has 144 valence electrons. The van der Waals surface area contributed by atoms with Gasteiger partial charge in [0.15, 0.2) is 11.6 Å². The first-order valence-corrected chi connectivity index (χ1v) is 10.3. The zero-order valence-corrected chi connectivity index (χ0v) is 16.7. The predicted octanol–water partition coefficient (Wildman–Crippen LogP) is 4.89. The number of aryl methyl sites for hydroxylation is 1. The molecule has 1 aliphatic carbocycles. The van der Waals surface area contributed by atoms with E-state index >= 15 is 0 Å². The Hall–Kier alpha value is -3.18. The lowest BCUT2D eigenvalue weighted by molar-refractivity contribution is -0.115. The number of anilines is 1. The van der Waals surface area contributed by atoms with E-state index in [2.05, 4.69) is 5.32 Å². The minimum atomic E-state index is -0.236. The van der Waals surface area contributed by atoms with Crippen molar-refractivity contribution >= 4 is 34.9 Å². The largest absolute Gasteiger partial charge is 0.325 e. The molecule has 5 heteroatoms. The van der Waals surface area contributed by atoms with E-state index in [1.165, 1.54) is 5.56 Å². The van der Waals surface area contributed by atoms with Gasteiger partial charge in [-0.3, -0.25) is 14.4 Å². The summed E-state index contributed by atoms with van der Waals surface area (Å²) in [5, 5.41) is 2.82. The molecule has 0 aliphatic heterocycles. The van der Waals surface area contributed by atoms with Crippen LogP contribution in [0.25, 0.3) is 0 Å². The second-order valence-corrected chi connectivity index (χ2v) is 8.06. The molecule has 29 heavy (non-hydrogen) atoms. The van der Waals surface area contributed by atoms with E-state index in [0.717, 1.165) is 4.90 Å². The number of benzene rings is 3. The minimum Gasteiger partial charge on any atom is -0.325 e. The van der Waals surface area contributed by atoms with E-state index in [0.29, 0.717) is 34.6 Å². The van der Waals surface area contributed by atoms with Gasteiger partial charge < -0.3 is 5.32 Å². The van der Waals surface area contributed by atoms with Crippen molar-refractivity contribution in [2.24, 2.45) is 0 Å². The highest BCUT2D eigenvalue weighted by Crippen LogP contribution is 2.32. The maximum atomic E-state index is 13.0. The van der Waals surface area contributed by atoms with Crippen molar-refractivity contribution in [2.75, 3.05) is 11.1 Å². The summed E-state index contributed by atoms with van der Waals surface area (Å²) in [6.07, 6.45) is 0.306. The van der Waals surface area contributed by atoms with Crippen LogP contribution in [0.1, 0.15) is 43.8 Å². The van der Waals surface area contributed by atoms with Gasteiger partial charge in [0.05, 0.1) is 11.3 Å². The smallest absolute Gasteiger partial charge is 0.225 e. The molecule has 4 nitrogen and oxygen atoms in total. The van der Waals surface area contributed by atoms with Gasteiger partial charge in [0.25, 0.3) is 0 Å². The number of rotatable bonds is 5. The first-order chi connectivity index (χ1) is 14.0. The Balaban J connectivity index is 1.49. The molecule has 1 N–H and O–H groups in total. The fraction of sp³-hybridized carbons (Fsp3) is 0.125. The summed E-state index contributed by atoms with van der Waals surface area (Å²) < 4.78 is 0. The highest BCUT2D eigenvalue weighted by atomic mass is 32.2. The topological polar surface area (TPSA) is 63.2 Å². The molecule has 0 saturated heterocycles. The van der Waals surface area contributed by atoms with Crippen LogP contribution < -0.4 is 5.32 Å². The molecule has 0 bridgehead atoms. The molecule has 0 spiro atoms. The van der Waals surface area contributed by atoms with Crippen molar-refractivity contribution in [1.82, 2.24) is 0 Å². The predicted molar refractivity (Wildman–Crippen MR) is 115 cm³/mol. The van der Waals surface area contributed by atoms with Gasteiger partial charge in [0, 0.05) is 33.8 Å². The number of ketones is 2. The Morgan fingerprint density at radius 3 is 2.21 bits per heavy atom. The fourth-order valence-corrected chi connectivity index (χ4v) is 4.21. The van der Waals surface area contributed by atoms with E-state index in [9.17, 15) is 14.4 Å². The van der Waals surface area contributed by atoms with Gasteiger partial charge in [0.1, 0.15) is 0 Å². The lowest BCUT2D eigenvalue weighted by Crippen LogP contribution is -2.24. The van der Waals surface area contributed by atoms with Crippen molar-refractivity contribution in [2.45, 2.75) is 18.2 Å². The highest BCUT2D eigenvalue weighted by Gasteiger charge is 2.31. The van der Waals surface area contributed by atoms with Crippen LogP contribution in [0.4, 0.5) is 5.69 Å². The summed E-state index contributed by atoms with van der Waals surface area (Å²) in [6, 6.07) is 19.9. The maximum Gasteiger partial charge on any atom is 0.225 e. The molecule has 0 heterocycles. The standard InChI is InChI=1S/C24H19NO3S/c1-15-9-11-16(12-10-15)29-14-13-21(26)25-20-8-4-7-19-22(20)24(28)18-6-3-2-5-17(18)23(19)27/h2-12H,13-14H2,1H3,(H,25,26). The summed E-state index contributed by atoms with van der Waals surface area (Å²) >= 11 is 1.61. The third kappa shape index (κ3) is 3.87. The molecule has 0 saturated carbocycles. The third-order valence-electron chi connectivity index (χ3n) is 4.85. The SMILES string of the molecule is Cc1ccc(SCCC(=O)Nc2cccc3c2C(=O)c2ccccc2C3=O)cc1. The summed E-state index contributed by atoms with van der Waals surface area (Å²) in [5.41, 5.74) is 2.98. The molecule has 1 amide bonds. The molecule has 0 aromatic heterocycles. The van der Waals surface area contributed by atoms with Crippen LogP contribution in [0.3, 0.4) is 0 Å². The van der Waals surface area contributed by atoms with Crippen LogP contribution in [0.5, 0.6) is 0 Å². The fourth-order valence-electron chi connectivity index (χ4n) is 3.36. The van der Waals surface area contributed by atoms with Gasteiger partial charge in [-0.15, -0.1) is 11.8 Å². The molecule has 4 rings (SSSR count). The van der Waals surface area contributed by atoms with Crippen LogP contribution in [0.2, 0.25) is 0 Å². The first kappa shape index (κ1) is 19.2. The quantitative estimate of drug-likeness (QED) is 0.484. The van der Waals surface area contributed by atoms with Crippen LogP contribution in [0, 0.1) is 6.92 Å². The summed E-state index contributed by atoms with van der Waals surface area (Å²) in [6.45, 7) is 2.03. The zero-order chi connectivity index (χ0) is 20.4. The van der Waals surface area contributed by atoms with E-state index in [1.807, 2.05) is 31.2 Å². The molecular weight excluding hydrogens is 382 g/mol. The number of carbonyl (C=O) groups is 3. The summed E-state index contributed by atoms with van der Waals surface area (Å²) in [7, 11) is 0. The van der Waals surface area contributed by atoms with Crippen molar-refractivity contribution in [1.29, 1.82) is 0 Å². The van der Waals surface area contributed by atoms with Crippen LogP contribution in [0.15, 0.2) is 71.6 Å². The molecule has 3 aromatic carbocycles. The number of hydrogen-bond donors (Lipinski definition) is 1. The van der Waals surface area contributed by atoms with Crippen LogP contribution >= 0.6 is 11.8 Å². The highest BCUT2D eigenvalue weighted by molar-refractivity contribution is 7.99. The van der Waals surface area contributed by atoms with Gasteiger partial charge in [0.2, 0.25) is 5.91 Å². The molecule has 1 aliphatic rings. The number of carbonyl (C=O) groups excluding carboxylic acids is 3. The van der Waals surface area contributed by atoms with Gasteiger partial charge in [-0.2, -0.15) is 0 Å². The monoisotopic (exact) mass is 401 g/mol. The van der Waals surface area contributed by atoms with Gasteiger partial charge in [-0.1, -0.05) is 54.1 Å². The average molecular weight is 401 g/mol. The van der Waals surface area contributed by atoms with E-state index in [4.69, 9.17) is 0 Å². The number of hydrogen-bond acceptors (Lipinski definition) is 4. The number of fused-ring (bicyclic) bond motifs is 2. The minimum absolute atomic E-state index is 0.183. The summed E-state index contributed by atoms with van der Waals surface area (Å²) in [5.74, 6) is 0.0121. The summed E-state index contributed by atoms with van der Waals surface area (Å²) in [4.78, 5) is 39.3. The molecular formula is C24H19NO3S. The first-order valence-electron chi connectivity index (χ1n) is 9.35. The Kier molecular flexibility index (Phi) is 5.32. The zero-order valence-electron chi connectivity index (χ0n) is 15.9. The van der Waals surface area contributed by atoms with Crippen molar-refractivity contribution in [3.63, 3.8) is 0 Å². The lowest BCUT2D eigenvalue weighted by atomic mass is 9.83. The molecule has 3 aromatic rings. The van der Waals surface area contributed by atoms with Crippen molar-refractivity contribution < 1.29 is 14.4 Å². The third-order valence-corrected chi connectivity index (χ3v) is 5.86. The van der Waals surface area contributed by atoms with Gasteiger partial charge in [-0.25, -0.2) is 0 Å². The van der Waals surface area contributed by atoms with Crippen molar-refractivity contribution in [3.05, 3.63) is 94.5 Å². The van der Waals surface area contributed by atoms with Crippen LogP contribution in [-0.4, -0.2) is 23.2 Å². The molecule has 0 fully saturated rings. The number of nitrogens with one attached hydrogen (secondary N) is 1. The average Bonchev–Trinajstić information content (AvgIpc) is 2.73. The molecule has 0 radical (unpaired) electrons. The van der Waals surface area contributed by atoms with E-state index in [-0.39, 0.29) is 23.0 Å². The molecule has 0 unspecified atom stereocenters. The Bertz CT molecular complexity index is 1120. The molecule has 0 atom stereocenters. The van der Waals surface area contributed by atoms with E-state index < -0.39 is 0 Å². The Morgan fingerprint density at radius 2 is 1.48 bits per heavy atom. The number of thioether (sulfide) groups is 1. The Labute approximate surface area is 173 Å². The lowest BCUT2D eigenvalue weighted by Gasteiger charge is -2.20. The Morgan fingerprint density at radius 1 is 0.828 bits per heavy atom. The van der Waals surface area contributed by atoms with Gasteiger partial charge >= 0.3 is 0 Å². The van der Waals surface area contributed by atoms with Gasteiger partial charge in [-0.05, 0) is 25.1 Å². The van der Waals surface area contributed by atoms with Crippen LogP contribution in [-0.2, 0) is 4.79 Å². The second kappa shape index (κ2) is 8.05. The van der Waals surface area contributed by atoms with E-state index in [1.54, 1.807) is 54.2 Å². The van der Waals surface area contributed by atoms with Crippen molar-refractivity contribution in [3.8, 4) is 0 Å². The second-order valence-electron chi connectivity index (χ2n) is 6.89. The number of amides is 1. The normalized spacial score (nSPS) is 12.3.